The van der Waals surface area contributed by atoms with Crippen molar-refractivity contribution >= 4 is 34.2 Å². The zero-order valence-electron chi connectivity index (χ0n) is 15.9. The molecule has 0 spiro atoms. The number of ether oxygens (including phenoxy) is 1. The third-order valence-electron chi connectivity index (χ3n) is 4.51. The Labute approximate surface area is 171 Å². The lowest BCUT2D eigenvalue weighted by Gasteiger charge is -2.08. The van der Waals surface area contributed by atoms with Crippen molar-refractivity contribution in [3.63, 3.8) is 0 Å². The minimum absolute atomic E-state index is 0.00962. The third-order valence-corrected chi connectivity index (χ3v) is 4.51. The van der Waals surface area contributed by atoms with Gasteiger partial charge >= 0.3 is 0 Å². The van der Waals surface area contributed by atoms with Gasteiger partial charge in [-0.05, 0) is 48.5 Å². The van der Waals surface area contributed by atoms with Crippen LogP contribution in [0.4, 0.5) is 15.8 Å². The summed E-state index contributed by atoms with van der Waals surface area (Å²) in [5.41, 5.74) is 1.01. The van der Waals surface area contributed by atoms with Gasteiger partial charge in [-0.15, -0.1) is 0 Å². The molecule has 3 aromatic carbocycles. The molecule has 0 bridgehead atoms. The van der Waals surface area contributed by atoms with Crippen LogP contribution in [0.5, 0.6) is 5.75 Å². The molecule has 30 heavy (non-hydrogen) atoms. The van der Waals surface area contributed by atoms with Crippen LogP contribution in [0.25, 0.3) is 11.0 Å². The number of amides is 2. The molecular formula is C23H17FN2O4. The molecule has 0 radical (unpaired) electrons. The van der Waals surface area contributed by atoms with Crippen molar-refractivity contribution in [2.45, 2.75) is 0 Å². The molecule has 0 atom stereocenters. The fourth-order valence-corrected chi connectivity index (χ4v) is 3.00. The van der Waals surface area contributed by atoms with Gasteiger partial charge in [0.2, 0.25) is 5.76 Å². The van der Waals surface area contributed by atoms with Gasteiger partial charge in [-0.1, -0.05) is 24.3 Å². The number of nitrogens with one attached hydrogen (secondary N) is 2. The number of furan rings is 1. The van der Waals surface area contributed by atoms with Gasteiger partial charge in [0.1, 0.15) is 22.8 Å². The molecule has 0 unspecified atom stereocenters. The Morgan fingerprint density at radius 3 is 2.30 bits per heavy atom. The number of rotatable bonds is 5. The van der Waals surface area contributed by atoms with Crippen molar-refractivity contribution < 1.29 is 23.1 Å². The molecule has 1 aromatic heterocycles. The van der Waals surface area contributed by atoms with Crippen LogP contribution < -0.4 is 15.4 Å². The van der Waals surface area contributed by atoms with Crippen molar-refractivity contribution in [1.82, 2.24) is 0 Å². The van der Waals surface area contributed by atoms with E-state index in [9.17, 15) is 14.0 Å². The molecule has 0 aliphatic carbocycles. The van der Waals surface area contributed by atoms with E-state index in [1.165, 1.54) is 25.3 Å². The van der Waals surface area contributed by atoms with Crippen LogP contribution in [0.1, 0.15) is 20.9 Å². The molecule has 1 heterocycles. The quantitative estimate of drug-likeness (QED) is 0.486. The van der Waals surface area contributed by atoms with Gasteiger partial charge in [-0.3, -0.25) is 9.59 Å². The van der Waals surface area contributed by atoms with Crippen molar-refractivity contribution in [3.05, 3.63) is 89.9 Å². The summed E-state index contributed by atoms with van der Waals surface area (Å²) in [6.45, 7) is 0. The minimum atomic E-state index is -0.679. The number of benzene rings is 3. The largest absolute Gasteiger partial charge is 0.497 e. The monoisotopic (exact) mass is 404 g/mol. The minimum Gasteiger partial charge on any atom is -0.497 e. The highest BCUT2D eigenvalue weighted by molar-refractivity contribution is 6.16. The van der Waals surface area contributed by atoms with E-state index < -0.39 is 17.6 Å². The first-order valence-electron chi connectivity index (χ1n) is 9.09. The molecule has 0 aliphatic rings. The van der Waals surface area contributed by atoms with Gasteiger partial charge < -0.3 is 19.8 Å². The molecule has 0 aliphatic heterocycles. The maximum Gasteiger partial charge on any atom is 0.293 e. The normalized spacial score (nSPS) is 10.6. The van der Waals surface area contributed by atoms with Crippen LogP contribution in [0.3, 0.4) is 0 Å². The first kappa shape index (κ1) is 19.2. The average molecular weight is 404 g/mol. The lowest BCUT2D eigenvalue weighted by atomic mass is 10.1. The summed E-state index contributed by atoms with van der Waals surface area (Å²) in [4.78, 5) is 25.6. The van der Waals surface area contributed by atoms with Crippen LogP contribution in [0.15, 0.2) is 77.2 Å². The number of carbonyl (C=O) groups is 2. The van der Waals surface area contributed by atoms with Gasteiger partial charge in [0.25, 0.3) is 11.8 Å². The smallest absolute Gasteiger partial charge is 0.293 e. The van der Waals surface area contributed by atoms with E-state index in [-0.39, 0.29) is 17.1 Å². The van der Waals surface area contributed by atoms with Crippen LogP contribution in [0, 0.1) is 5.82 Å². The third kappa shape index (κ3) is 3.73. The predicted octanol–water partition coefficient (Wildman–Crippen LogP) is 5.09. The predicted molar refractivity (Wildman–Crippen MR) is 112 cm³/mol. The van der Waals surface area contributed by atoms with Gasteiger partial charge in [0.15, 0.2) is 0 Å². The number of halogens is 1. The van der Waals surface area contributed by atoms with Crippen molar-refractivity contribution in [2.24, 2.45) is 0 Å². The van der Waals surface area contributed by atoms with Gasteiger partial charge in [0, 0.05) is 10.9 Å². The second-order valence-electron chi connectivity index (χ2n) is 6.42. The summed E-state index contributed by atoms with van der Waals surface area (Å²) in [7, 11) is 1.53. The van der Waals surface area contributed by atoms with E-state index >= 15 is 0 Å². The molecule has 4 aromatic rings. The fourth-order valence-electron chi connectivity index (χ4n) is 3.00. The van der Waals surface area contributed by atoms with E-state index in [0.717, 1.165) is 0 Å². The van der Waals surface area contributed by atoms with Crippen molar-refractivity contribution in [2.75, 3.05) is 17.7 Å². The van der Waals surface area contributed by atoms with Crippen LogP contribution >= 0.6 is 0 Å². The summed E-state index contributed by atoms with van der Waals surface area (Å²) >= 11 is 0. The topological polar surface area (TPSA) is 80.6 Å². The van der Waals surface area contributed by atoms with Crippen molar-refractivity contribution in [3.8, 4) is 5.75 Å². The molecule has 6 nitrogen and oxygen atoms in total. The first-order chi connectivity index (χ1) is 14.6. The lowest BCUT2D eigenvalue weighted by Crippen LogP contribution is -2.17. The Morgan fingerprint density at radius 2 is 1.57 bits per heavy atom. The number of para-hydroxylation sites is 2. The zero-order chi connectivity index (χ0) is 21.1. The Morgan fingerprint density at radius 1 is 0.867 bits per heavy atom. The molecule has 150 valence electrons. The summed E-state index contributed by atoms with van der Waals surface area (Å²) in [6, 6.07) is 19.2. The van der Waals surface area contributed by atoms with Gasteiger partial charge in [-0.25, -0.2) is 4.39 Å². The van der Waals surface area contributed by atoms with E-state index in [2.05, 4.69) is 10.6 Å². The van der Waals surface area contributed by atoms with Crippen LogP contribution in [-0.4, -0.2) is 18.9 Å². The molecule has 0 saturated carbocycles. The maximum atomic E-state index is 13.9. The first-order valence-corrected chi connectivity index (χ1v) is 9.09. The Kier molecular flexibility index (Phi) is 5.17. The SMILES string of the molecule is COc1ccc(C(=O)Nc2c(C(=O)Nc3ccccc3F)oc3ccccc23)cc1. The number of carbonyl (C=O) groups excluding carboxylic acids is 2. The highest BCUT2D eigenvalue weighted by Gasteiger charge is 2.23. The van der Waals surface area contributed by atoms with E-state index in [0.29, 0.717) is 22.3 Å². The second-order valence-corrected chi connectivity index (χ2v) is 6.42. The van der Waals surface area contributed by atoms with Crippen molar-refractivity contribution in [1.29, 1.82) is 0 Å². The summed E-state index contributed by atoms with van der Waals surface area (Å²) in [6.07, 6.45) is 0. The summed E-state index contributed by atoms with van der Waals surface area (Å²) < 4.78 is 24.7. The Bertz CT molecular complexity index is 1230. The maximum absolute atomic E-state index is 13.9. The number of hydrogen-bond acceptors (Lipinski definition) is 4. The summed E-state index contributed by atoms with van der Waals surface area (Å²) in [5, 5.41) is 5.77. The number of hydrogen-bond donors (Lipinski definition) is 2. The Hall–Kier alpha value is -4.13. The molecule has 7 heteroatoms. The second kappa shape index (κ2) is 8.08. The average Bonchev–Trinajstić information content (AvgIpc) is 3.14. The zero-order valence-corrected chi connectivity index (χ0v) is 15.9. The number of fused-ring (bicyclic) bond motifs is 1. The molecule has 0 saturated heterocycles. The van der Waals surface area contributed by atoms with Crippen LogP contribution in [0.2, 0.25) is 0 Å². The van der Waals surface area contributed by atoms with E-state index in [4.69, 9.17) is 9.15 Å². The number of methoxy groups -OCH3 is 1. The molecule has 2 N–H and O–H groups in total. The standard InChI is InChI=1S/C23H17FN2O4/c1-29-15-12-10-14(11-13-15)22(27)26-20-16-6-2-5-9-19(16)30-21(20)23(28)25-18-8-4-3-7-17(18)24/h2-13H,1H3,(H,25,28)(H,26,27). The van der Waals surface area contributed by atoms with Gasteiger partial charge in [-0.2, -0.15) is 0 Å². The lowest BCUT2D eigenvalue weighted by molar-refractivity contribution is 0.0999. The molecule has 4 rings (SSSR count). The Balaban J connectivity index is 1.68. The highest BCUT2D eigenvalue weighted by Crippen LogP contribution is 2.32. The fraction of sp³-hybridized carbons (Fsp3) is 0.0435. The van der Waals surface area contributed by atoms with E-state index in [1.54, 1.807) is 54.6 Å². The molecular weight excluding hydrogens is 387 g/mol. The van der Waals surface area contributed by atoms with Gasteiger partial charge in [0.05, 0.1) is 12.8 Å². The molecule has 0 fully saturated rings. The molecule has 2 amide bonds. The number of anilines is 2. The van der Waals surface area contributed by atoms with Crippen LogP contribution in [-0.2, 0) is 0 Å². The summed E-state index contributed by atoms with van der Waals surface area (Å²) in [5.74, 6) is -1.19. The van der Waals surface area contributed by atoms with E-state index in [1.807, 2.05) is 0 Å². The highest BCUT2D eigenvalue weighted by atomic mass is 19.1.